The van der Waals surface area contributed by atoms with Crippen LogP contribution >= 0.6 is 11.6 Å². The summed E-state index contributed by atoms with van der Waals surface area (Å²) in [5.41, 5.74) is 7.47. The monoisotopic (exact) mass is 254 g/mol. The van der Waals surface area contributed by atoms with Crippen LogP contribution < -0.4 is 5.73 Å². The highest BCUT2D eigenvalue weighted by Crippen LogP contribution is 2.23. The highest BCUT2D eigenvalue weighted by Gasteiger charge is 2.24. The van der Waals surface area contributed by atoms with E-state index >= 15 is 0 Å². The van der Waals surface area contributed by atoms with Crippen LogP contribution in [0.15, 0.2) is 18.2 Å². The first-order chi connectivity index (χ1) is 8.06. The Labute approximate surface area is 107 Å². The average molecular weight is 255 g/mol. The molecule has 1 aliphatic rings. The fourth-order valence-corrected chi connectivity index (χ4v) is 2.54. The number of nitrogen functional groups attached to an aromatic ring is 1. The Kier molecular flexibility index (Phi) is 3.92. The number of rotatable bonds is 2. The molecule has 2 unspecified atom stereocenters. The van der Waals surface area contributed by atoms with Crippen LogP contribution in [0.5, 0.6) is 0 Å². The number of aliphatic hydroxyl groups is 1. The van der Waals surface area contributed by atoms with Gasteiger partial charge in [-0.05, 0) is 30.0 Å². The van der Waals surface area contributed by atoms with E-state index < -0.39 is 0 Å². The summed E-state index contributed by atoms with van der Waals surface area (Å²) in [5, 5.41) is 10.4. The number of halogens is 1. The summed E-state index contributed by atoms with van der Waals surface area (Å²) in [5.74, 6) is 0.330. The molecule has 0 aromatic heterocycles. The topological polar surface area (TPSA) is 49.5 Å². The molecule has 1 aromatic carbocycles. The minimum Gasteiger partial charge on any atom is -0.399 e. The maximum Gasteiger partial charge on any atom is 0.0590 e. The van der Waals surface area contributed by atoms with Gasteiger partial charge >= 0.3 is 0 Å². The number of benzene rings is 1. The zero-order valence-electron chi connectivity index (χ0n) is 10.1. The van der Waals surface area contributed by atoms with Crippen molar-refractivity contribution in [2.24, 2.45) is 5.92 Å². The summed E-state index contributed by atoms with van der Waals surface area (Å²) in [6.45, 7) is 4.76. The predicted octanol–water partition coefficient (Wildman–Crippen LogP) is 2.12. The molecule has 1 heterocycles. The third-order valence-corrected chi connectivity index (χ3v) is 3.77. The van der Waals surface area contributed by atoms with Crippen molar-refractivity contribution < 1.29 is 5.11 Å². The van der Waals surface area contributed by atoms with Gasteiger partial charge in [-0.3, -0.25) is 4.90 Å². The SMILES string of the molecule is CC1CN(Cc2ccc(N)cc2Cl)CCC1O. The highest BCUT2D eigenvalue weighted by molar-refractivity contribution is 6.31. The van der Waals surface area contributed by atoms with Crippen molar-refractivity contribution in [3.8, 4) is 0 Å². The van der Waals surface area contributed by atoms with Crippen LogP contribution in [-0.4, -0.2) is 29.2 Å². The van der Waals surface area contributed by atoms with E-state index in [4.69, 9.17) is 17.3 Å². The van der Waals surface area contributed by atoms with Crippen molar-refractivity contribution in [2.75, 3.05) is 18.8 Å². The molecule has 0 bridgehead atoms. The van der Waals surface area contributed by atoms with Gasteiger partial charge in [-0.25, -0.2) is 0 Å². The number of anilines is 1. The molecule has 2 atom stereocenters. The first-order valence-corrected chi connectivity index (χ1v) is 6.38. The highest BCUT2D eigenvalue weighted by atomic mass is 35.5. The van der Waals surface area contributed by atoms with Crippen LogP contribution in [0.1, 0.15) is 18.9 Å². The van der Waals surface area contributed by atoms with Crippen LogP contribution in [0, 0.1) is 5.92 Å². The second kappa shape index (κ2) is 5.25. The van der Waals surface area contributed by atoms with Crippen molar-refractivity contribution in [3.63, 3.8) is 0 Å². The van der Waals surface area contributed by atoms with E-state index in [1.54, 1.807) is 6.07 Å². The fourth-order valence-electron chi connectivity index (χ4n) is 2.30. The largest absolute Gasteiger partial charge is 0.399 e. The van der Waals surface area contributed by atoms with E-state index in [0.717, 1.165) is 36.6 Å². The van der Waals surface area contributed by atoms with Crippen molar-refractivity contribution in [2.45, 2.75) is 26.0 Å². The van der Waals surface area contributed by atoms with Crippen molar-refractivity contribution in [3.05, 3.63) is 28.8 Å². The molecule has 1 saturated heterocycles. The summed E-state index contributed by atoms with van der Waals surface area (Å²) in [6.07, 6.45) is 0.682. The molecular formula is C13H19ClN2O. The first-order valence-electron chi connectivity index (χ1n) is 6.00. The molecular weight excluding hydrogens is 236 g/mol. The Bertz CT molecular complexity index is 397. The molecule has 0 saturated carbocycles. The summed E-state index contributed by atoms with van der Waals surface area (Å²) in [6, 6.07) is 5.65. The number of hydrogen-bond donors (Lipinski definition) is 2. The fraction of sp³-hybridized carbons (Fsp3) is 0.538. The lowest BCUT2D eigenvalue weighted by molar-refractivity contribution is 0.0320. The summed E-state index contributed by atoms with van der Waals surface area (Å²) >= 11 is 6.16. The zero-order valence-corrected chi connectivity index (χ0v) is 10.8. The van der Waals surface area contributed by atoms with Gasteiger partial charge in [-0.15, -0.1) is 0 Å². The molecule has 3 nitrogen and oxygen atoms in total. The van der Waals surface area contributed by atoms with Crippen molar-refractivity contribution in [1.29, 1.82) is 0 Å². The van der Waals surface area contributed by atoms with Gasteiger partial charge in [0.25, 0.3) is 0 Å². The molecule has 0 spiro atoms. The Morgan fingerprint density at radius 3 is 2.94 bits per heavy atom. The molecule has 4 heteroatoms. The summed E-state index contributed by atoms with van der Waals surface area (Å²) in [7, 11) is 0. The third-order valence-electron chi connectivity index (χ3n) is 3.42. The summed E-state index contributed by atoms with van der Waals surface area (Å²) < 4.78 is 0. The van der Waals surface area contributed by atoms with Gasteiger partial charge in [-0.2, -0.15) is 0 Å². The van der Waals surface area contributed by atoms with Gasteiger partial charge in [-0.1, -0.05) is 24.6 Å². The van der Waals surface area contributed by atoms with Crippen LogP contribution in [0.4, 0.5) is 5.69 Å². The smallest absolute Gasteiger partial charge is 0.0590 e. The van der Waals surface area contributed by atoms with E-state index in [0.29, 0.717) is 11.6 Å². The van der Waals surface area contributed by atoms with E-state index in [-0.39, 0.29) is 6.10 Å². The van der Waals surface area contributed by atoms with E-state index in [1.807, 2.05) is 12.1 Å². The quantitative estimate of drug-likeness (QED) is 0.795. The standard InChI is InChI=1S/C13H19ClN2O/c1-9-7-16(5-4-13(9)17)8-10-2-3-11(15)6-12(10)14/h2-3,6,9,13,17H,4-5,7-8,15H2,1H3. The molecule has 0 radical (unpaired) electrons. The van der Waals surface area contributed by atoms with Crippen LogP contribution in [0.2, 0.25) is 5.02 Å². The summed E-state index contributed by atoms with van der Waals surface area (Å²) in [4.78, 5) is 2.33. The Morgan fingerprint density at radius 1 is 1.53 bits per heavy atom. The third kappa shape index (κ3) is 3.12. The van der Waals surface area contributed by atoms with Crippen molar-refractivity contribution in [1.82, 2.24) is 4.90 Å². The number of aliphatic hydroxyl groups excluding tert-OH is 1. The van der Waals surface area contributed by atoms with Crippen LogP contribution in [0.3, 0.4) is 0 Å². The van der Waals surface area contributed by atoms with Gasteiger partial charge in [0.1, 0.15) is 0 Å². The Morgan fingerprint density at radius 2 is 2.29 bits per heavy atom. The maximum absolute atomic E-state index is 9.68. The number of piperidine rings is 1. The zero-order chi connectivity index (χ0) is 12.4. The molecule has 0 aliphatic carbocycles. The lowest BCUT2D eigenvalue weighted by atomic mass is 9.96. The predicted molar refractivity (Wildman–Crippen MR) is 70.9 cm³/mol. The van der Waals surface area contributed by atoms with Gasteiger partial charge in [0.15, 0.2) is 0 Å². The lowest BCUT2D eigenvalue weighted by Gasteiger charge is -2.34. The van der Waals surface area contributed by atoms with E-state index in [1.165, 1.54) is 0 Å². The molecule has 1 aromatic rings. The lowest BCUT2D eigenvalue weighted by Crippen LogP contribution is -2.41. The minimum atomic E-state index is -0.159. The molecule has 2 rings (SSSR count). The van der Waals surface area contributed by atoms with Gasteiger partial charge in [0.05, 0.1) is 6.10 Å². The first kappa shape index (κ1) is 12.7. The molecule has 1 aliphatic heterocycles. The van der Waals surface area contributed by atoms with Crippen LogP contribution in [-0.2, 0) is 6.54 Å². The van der Waals surface area contributed by atoms with E-state index in [9.17, 15) is 5.11 Å². The Hall–Kier alpha value is -0.770. The van der Waals surface area contributed by atoms with Crippen molar-refractivity contribution >= 4 is 17.3 Å². The normalized spacial score (nSPS) is 26.1. The van der Waals surface area contributed by atoms with Gasteiger partial charge < -0.3 is 10.8 Å². The average Bonchev–Trinajstić information content (AvgIpc) is 2.27. The molecule has 1 fully saturated rings. The van der Waals surface area contributed by atoms with Crippen LogP contribution in [0.25, 0.3) is 0 Å². The minimum absolute atomic E-state index is 0.159. The number of likely N-dealkylation sites (tertiary alicyclic amines) is 1. The second-order valence-corrected chi connectivity index (χ2v) is 5.33. The maximum atomic E-state index is 9.68. The number of hydrogen-bond acceptors (Lipinski definition) is 3. The number of nitrogens with two attached hydrogens (primary N) is 1. The van der Waals surface area contributed by atoms with E-state index in [2.05, 4.69) is 11.8 Å². The number of nitrogens with zero attached hydrogens (tertiary/aromatic N) is 1. The van der Waals surface area contributed by atoms with Gasteiger partial charge in [0, 0.05) is 30.3 Å². The molecule has 17 heavy (non-hydrogen) atoms. The molecule has 94 valence electrons. The second-order valence-electron chi connectivity index (χ2n) is 4.92. The molecule has 3 N–H and O–H groups in total. The van der Waals surface area contributed by atoms with Gasteiger partial charge in [0.2, 0.25) is 0 Å². The molecule has 0 amide bonds. The Balaban J connectivity index is 2.01.